The first-order valence-corrected chi connectivity index (χ1v) is 13.2. The third-order valence-electron chi connectivity index (χ3n) is 6.46. The largest absolute Gasteiger partial charge is 0.466 e. The van der Waals surface area contributed by atoms with E-state index in [-0.39, 0.29) is 5.97 Å². The van der Waals surface area contributed by atoms with Crippen LogP contribution in [-0.2, 0) is 9.53 Å². The number of hydrogen-bond donors (Lipinski definition) is 2. The van der Waals surface area contributed by atoms with Gasteiger partial charge in [-0.25, -0.2) is 9.78 Å². The maximum atomic E-state index is 11.4. The number of benzene rings is 3. The van der Waals surface area contributed by atoms with Crippen LogP contribution in [0.4, 0.5) is 11.4 Å². The number of aromatic nitrogens is 2. The summed E-state index contributed by atoms with van der Waals surface area (Å²) >= 11 is 0. The molecular formula is C32H36N4O2. The number of imidazole rings is 1. The molecule has 196 valence electrons. The van der Waals surface area contributed by atoms with Gasteiger partial charge in [-0.2, -0.15) is 0 Å². The zero-order valence-corrected chi connectivity index (χ0v) is 22.6. The fourth-order valence-corrected chi connectivity index (χ4v) is 4.46. The molecule has 1 aromatic heterocycles. The number of anilines is 2. The predicted molar refractivity (Wildman–Crippen MR) is 158 cm³/mol. The summed E-state index contributed by atoms with van der Waals surface area (Å²) in [5.74, 6) is 0.413. The topological polar surface area (TPSA) is 70.2 Å². The number of carbonyl (C=O) groups is 1. The van der Waals surface area contributed by atoms with Crippen molar-refractivity contribution in [3.05, 3.63) is 84.4 Å². The first-order valence-electron chi connectivity index (χ1n) is 13.2. The second kappa shape index (κ2) is 12.8. The van der Waals surface area contributed by atoms with E-state index in [1.807, 2.05) is 31.3 Å². The van der Waals surface area contributed by atoms with Crippen LogP contribution >= 0.6 is 0 Å². The fraction of sp³-hybridized carbons (Fsp3) is 0.250. The van der Waals surface area contributed by atoms with Crippen LogP contribution in [0.2, 0.25) is 0 Å². The summed E-state index contributed by atoms with van der Waals surface area (Å²) in [6.45, 7) is 6.53. The average molecular weight is 509 g/mol. The van der Waals surface area contributed by atoms with Crippen molar-refractivity contribution in [2.24, 2.45) is 0 Å². The van der Waals surface area contributed by atoms with Gasteiger partial charge in [-0.05, 0) is 48.7 Å². The minimum absolute atomic E-state index is 0.378. The van der Waals surface area contributed by atoms with E-state index in [0.29, 0.717) is 0 Å². The Morgan fingerprint density at radius 3 is 2.08 bits per heavy atom. The quantitative estimate of drug-likeness (QED) is 0.165. The molecule has 0 aliphatic heterocycles. The molecule has 4 aromatic rings. The second-order valence-electron chi connectivity index (χ2n) is 9.15. The predicted octanol–water partition coefficient (Wildman–Crippen LogP) is 7.27. The standard InChI is InChI=1S/C32H36N4O2/c1-5-21-36(22-6-2)28-18-14-25(15-19-28)31-30(24-12-16-27(33-3)17-13-24)34-32(35-31)26-10-7-23(8-11-26)9-20-29(37)38-4/h7-20,33H,5-6,21-22H2,1-4H3,(H,34,35)/b20-9+. The Hall–Kier alpha value is -4.32. The summed E-state index contributed by atoms with van der Waals surface area (Å²) < 4.78 is 4.68. The molecule has 6 nitrogen and oxygen atoms in total. The van der Waals surface area contributed by atoms with Crippen molar-refractivity contribution in [2.75, 3.05) is 37.5 Å². The van der Waals surface area contributed by atoms with E-state index in [1.54, 1.807) is 6.08 Å². The zero-order chi connectivity index (χ0) is 26.9. The molecule has 1 heterocycles. The highest BCUT2D eigenvalue weighted by Gasteiger charge is 2.16. The van der Waals surface area contributed by atoms with Crippen molar-refractivity contribution < 1.29 is 9.53 Å². The minimum atomic E-state index is -0.378. The Balaban J connectivity index is 1.71. The molecular weight excluding hydrogens is 472 g/mol. The lowest BCUT2D eigenvalue weighted by molar-refractivity contribution is -0.134. The monoisotopic (exact) mass is 508 g/mol. The normalized spacial score (nSPS) is 11.1. The summed E-state index contributed by atoms with van der Waals surface area (Å²) in [6, 6.07) is 25.0. The van der Waals surface area contributed by atoms with Gasteiger partial charge >= 0.3 is 5.97 Å². The van der Waals surface area contributed by atoms with Crippen LogP contribution in [0.15, 0.2) is 78.9 Å². The molecule has 0 radical (unpaired) electrons. The van der Waals surface area contributed by atoms with Crippen LogP contribution in [0, 0.1) is 0 Å². The van der Waals surface area contributed by atoms with E-state index < -0.39 is 0 Å². The van der Waals surface area contributed by atoms with Crippen molar-refractivity contribution in [3.8, 4) is 33.9 Å². The van der Waals surface area contributed by atoms with Gasteiger partial charge in [0.2, 0.25) is 0 Å². The van der Waals surface area contributed by atoms with Crippen molar-refractivity contribution in [1.82, 2.24) is 9.97 Å². The highest BCUT2D eigenvalue weighted by Crippen LogP contribution is 2.34. The van der Waals surface area contributed by atoms with Gasteiger partial charge in [0.15, 0.2) is 0 Å². The summed E-state index contributed by atoms with van der Waals surface area (Å²) in [5, 5.41) is 3.18. The van der Waals surface area contributed by atoms with Gasteiger partial charge in [0.1, 0.15) is 5.82 Å². The number of aromatic amines is 1. The van der Waals surface area contributed by atoms with Crippen molar-refractivity contribution >= 4 is 23.4 Å². The highest BCUT2D eigenvalue weighted by molar-refractivity contribution is 5.87. The fourth-order valence-electron chi connectivity index (χ4n) is 4.46. The number of rotatable bonds is 11. The van der Waals surface area contributed by atoms with Crippen LogP contribution in [-0.4, -0.2) is 43.2 Å². The smallest absolute Gasteiger partial charge is 0.330 e. The number of esters is 1. The Kier molecular flexibility index (Phi) is 8.98. The summed E-state index contributed by atoms with van der Waals surface area (Å²) in [6.07, 6.45) is 5.39. The van der Waals surface area contributed by atoms with Gasteiger partial charge in [0.25, 0.3) is 0 Å². The Morgan fingerprint density at radius 1 is 0.895 bits per heavy atom. The van der Waals surface area contributed by atoms with Crippen LogP contribution in [0.5, 0.6) is 0 Å². The van der Waals surface area contributed by atoms with Gasteiger partial charge in [0.05, 0.1) is 18.5 Å². The first kappa shape index (κ1) is 26.7. The van der Waals surface area contributed by atoms with Gasteiger partial charge in [-0.15, -0.1) is 0 Å². The van der Waals surface area contributed by atoms with Crippen LogP contribution in [0.1, 0.15) is 32.3 Å². The van der Waals surface area contributed by atoms with E-state index in [4.69, 9.17) is 4.98 Å². The molecule has 0 unspecified atom stereocenters. The SMILES string of the molecule is CCCN(CCC)c1ccc(-c2nc(-c3ccc(/C=C/C(=O)OC)cc3)[nH]c2-c2ccc(NC)cc2)cc1. The number of nitrogens with zero attached hydrogens (tertiary/aromatic N) is 2. The Bertz CT molecular complexity index is 1350. The molecule has 4 rings (SSSR count). The van der Waals surface area contributed by atoms with E-state index in [9.17, 15) is 4.79 Å². The summed E-state index contributed by atoms with van der Waals surface area (Å²) in [5.41, 5.74) is 8.19. The number of H-pyrrole nitrogens is 1. The molecule has 0 saturated carbocycles. The third kappa shape index (κ3) is 6.32. The molecule has 0 bridgehead atoms. The van der Waals surface area contributed by atoms with Crippen molar-refractivity contribution in [3.63, 3.8) is 0 Å². The highest BCUT2D eigenvalue weighted by atomic mass is 16.5. The number of hydrogen-bond acceptors (Lipinski definition) is 5. The molecule has 0 aliphatic rings. The van der Waals surface area contributed by atoms with Gasteiger partial charge < -0.3 is 19.9 Å². The number of nitrogens with one attached hydrogen (secondary N) is 2. The molecule has 0 saturated heterocycles. The summed E-state index contributed by atoms with van der Waals surface area (Å²) in [4.78, 5) is 22.5. The van der Waals surface area contributed by atoms with Crippen LogP contribution in [0.25, 0.3) is 40.0 Å². The van der Waals surface area contributed by atoms with E-state index in [0.717, 1.165) is 71.1 Å². The number of carbonyl (C=O) groups excluding carboxylic acids is 1. The zero-order valence-electron chi connectivity index (χ0n) is 22.6. The lowest BCUT2D eigenvalue weighted by atomic mass is 10.0. The molecule has 0 aliphatic carbocycles. The molecule has 6 heteroatoms. The minimum Gasteiger partial charge on any atom is -0.466 e. The molecule has 38 heavy (non-hydrogen) atoms. The lowest BCUT2D eigenvalue weighted by Gasteiger charge is -2.23. The van der Waals surface area contributed by atoms with Crippen molar-refractivity contribution in [2.45, 2.75) is 26.7 Å². The lowest BCUT2D eigenvalue weighted by Crippen LogP contribution is -2.24. The average Bonchev–Trinajstić information content (AvgIpc) is 3.42. The first-order chi connectivity index (χ1) is 18.6. The maximum Gasteiger partial charge on any atom is 0.330 e. The molecule has 3 aromatic carbocycles. The number of ether oxygens (including phenoxy) is 1. The van der Waals surface area contributed by atoms with Gasteiger partial charge in [-0.3, -0.25) is 0 Å². The molecule has 0 fully saturated rings. The molecule has 0 atom stereocenters. The summed E-state index contributed by atoms with van der Waals surface area (Å²) in [7, 11) is 3.29. The molecule has 0 spiro atoms. The van der Waals surface area contributed by atoms with E-state index in [1.165, 1.54) is 18.9 Å². The Labute approximate surface area is 225 Å². The maximum absolute atomic E-state index is 11.4. The van der Waals surface area contributed by atoms with Gasteiger partial charge in [-0.1, -0.05) is 62.4 Å². The van der Waals surface area contributed by atoms with Crippen LogP contribution < -0.4 is 10.2 Å². The van der Waals surface area contributed by atoms with Crippen molar-refractivity contribution in [1.29, 1.82) is 0 Å². The molecule has 0 amide bonds. The third-order valence-corrected chi connectivity index (χ3v) is 6.46. The van der Waals surface area contributed by atoms with Crippen LogP contribution in [0.3, 0.4) is 0 Å². The van der Waals surface area contributed by atoms with E-state index >= 15 is 0 Å². The van der Waals surface area contributed by atoms with Gasteiger partial charge in [0, 0.05) is 54.3 Å². The van der Waals surface area contributed by atoms with E-state index in [2.05, 4.69) is 82.3 Å². The number of methoxy groups -OCH3 is 1. The second-order valence-corrected chi connectivity index (χ2v) is 9.15. The molecule has 2 N–H and O–H groups in total. The Morgan fingerprint density at radius 2 is 1.50 bits per heavy atom.